The first-order valence-electron chi connectivity index (χ1n) is 6.23. The highest BCUT2D eigenvalue weighted by molar-refractivity contribution is 5.64. The van der Waals surface area contributed by atoms with Gasteiger partial charge in [0.1, 0.15) is 5.76 Å². The van der Waals surface area contributed by atoms with Gasteiger partial charge in [-0.3, -0.25) is 5.10 Å². The van der Waals surface area contributed by atoms with Crippen LogP contribution in [0.3, 0.4) is 0 Å². The zero-order valence-electron chi connectivity index (χ0n) is 10.6. The summed E-state index contributed by atoms with van der Waals surface area (Å²) in [5.74, 6) is 0.923. The lowest BCUT2D eigenvalue weighted by molar-refractivity contribution is 0.490. The number of hydrogen-bond acceptors (Lipinski definition) is 3. The quantitative estimate of drug-likeness (QED) is 0.742. The summed E-state index contributed by atoms with van der Waals surface area (Å²) >= 11 is 0. The fraction of sp³-hybridized carbons (Fsp3) is 0.133. The van der Waals surface area contributed by atoms with Gasteiger partial charge in [0.2, 0.25) is 0 Å². The molecule has 1 unspecified atom stereocenters. The molecule has 1 atom stereocenters. The van der Waals surface area contributed by atoms with Crippen LogP contribution in [0.2, 0.25) is 0 Å². The van der Waals surface area contributed by atoms with Gasteiger partial charge in [-0.1, -0.05) is 12.1 Å². The van der Waals surface area contributed by atoms with Crippen molar-refractivity contribution in [3.05, 3.63) is 60.7 Å². The molecule has 4 nitrogen and oxygen atoms in total. The first-order chi connectivity index (χ1) is 9.33. The lowest BCUT2D eigenvalue weighted by atomic mass is 10.1. The first kappa shape index (κ1) is 11.6. The van der Waals surface area contributed by atoms with E-state index in [0.717, 1.165) is 22.7 Å². The third-order valence-electron chi connectivity index (χ3n) is 3.03. The summed E-state index contributed by atoms with van der Waals surface area (Å²) < 4.78 is 5.39. The van der Waals surface area contributed by atoms with Crippen LogP contribution < -0.4 is 5.32 Å². The number of anilines is 1. The van der Waals surface area contributed by atoms with E-state index in [1.54, 1.807) is 12.5 Å². The Hall–Kier alpha value is -2.49. The SMILES string of the molecule is CC(Nc1cccc(-c2ccn[nH]2)c1)c1ccco1. The summed E-state index contributed by atoms with van der Waals surface area (Å²) in [7, 11) is 0. The van der Waals surface area contributed by atoms with Crippen LogP contribution in [0, 0.1) is 0 Å². The average molecular weight is 253 g/mol. The van der Waals surface area contributed by atoms with E-state index in [2.05, 4.69) is 34.6 Å². The molecule has 0 amide bonds. The number of nitrogens with zero attached hydrogens (tertiary/aromatic N) is 1. The molecule has 2 heterocycles. The lowest BCUT2D eigenvalue weighted by Crippen LogP contribution is -2.05. The molecule has 1 aromatic carbocycles. The molecule has 0 radical (unpaired) electrons. The van der Waals surface area contributed by atoms with Gasteiger partial charge < -0.3 is 9.73 Å². The largest absolute Gasteiger partial charge is 0.467 e. The van der Waals surface area contributed by atoms with Crippen molar-refractivity contribution in [1.82, 2.24) is 10.2 Å². The maximum Gasteiger partial charge on any atom is 0.125 e. The maximum atomic E-state index is 5.39. The van der Waals surface area contributed by atoms with Gasteiger partial charge in [0.25, 0.3) is 0 Å². The standard InChI is InChI=1S/C15H15N3O/c1-11(15-6-3-9-19-15)17-13-5-2-4-12(10-13)14-7-8-16-18-14/h2-11,17H,1H3,(H,16,18). The van der Waals surface area contributed by atoms with Crippen molar-refractivity contribution in [2.45, 2.75) is 13.0 Å². The van der Waals surface area contributed by atoms with Gasteiger partial charge in [-0.15, -0.1) is 0 Å². The third kappa shape index (κ3) is 2.52. The van der Waals surface area contributed by atoms with Crippen LogP contribution >= 0.6 is 0 Å². The first-order valence-corrected chi connectivity index (χ1v) is 6.23. The van der Waals surface area contributed by atoms with Crippen LogP contribution in [0.4, 0.5) is 5.69 Å². The fourth-order valence-corrected chi connectivity index (χ4v) is 2.05. The molecule has 2 aromatic heterocycles. The maximum absolute atomic E-state index is 5.39. The van der Waals surface area contributed by atoms with Crippen LogP contribution in [0.15, 0.2) is 59.3 Å². The number of aromatic nitrogens is 2. The summed E-state index contributed by atoms with van der Waals surface area (Å²) in [4.78, 5) is 0. The third-order valence-corrected chi connectivity index (χ3v) is 3.03. The van der Waals surface area contributed by atoms with Crippen LogP contribution in [0.5, 0.6) is 0 Å². The van der Waals surface area contributed by atoms with Gasteiger partial charge in [-0.05, 0) is 37.3 Å². The molecular formula is C15H15N3O. The molecule has 0 saturated heterocycles. The van der Waals surface area contributed by atoms with Gasteiger partial charge in [0, 0.05) is 17.4 Å². The van der Waals surface area contributed by atoms with E-state index < -0.39 is 0 Å². The predicted molar refractivity (Wildman–Crippen MR) is 74.8 cm³/mol. The summed E-state index contributed by atoms with van der Waals surface area (Å²) in [6, 6.07) is 14.2. The molecule has 96 valence electrons. The van der Waals surface area contributed by atoms with E-state index in [1.165, 1.54) is 0 Å². The van der Waals surface area contributed by atoms with E-state index in [-0.39, 0.29) is 6.04 Å². The van der Waals surface area contributed by atoms with Crippen LogP contribution in [0.1, 0.15) is 18.7 Å². The summed E-state index contributed by atoms with van der Waals surface area (Å²) in [6.07, 6.45) is 3.44. The minimum atomic E-state index is 0.131. The van der Waals surface area contributed by atoms with E-state index in [4.69, 9.17) is 4.42 Å². The number of benzene rings is 1. The van der Waals surface area contributed by atoms with Gasteiger partial charge in [-0.25, -0.2) is 0 Å². The molecule has 3 aromatic rings. The van der Waals surface area contributed by atoms with Gasteiger partial charge in [-0.2, -0.15) is 5.10 Å². The molecular weight excluding hydrogens is 238 g/mol. The second-order valence-corrected chi connectivity index (χ2v) is 4.43. The zero-order valence-corrected chi connectivity index (χ0v) is 10.6. The lowest BCUT2D eigenvalue weighted by Gasteiger charge is -2.13. The van der Waals surface area contributed by atoms with E-state index >= 15 is 0 Å². The van der Waals surface area contributed by atoms with E-state index in [0.29, 0.717) is 0 Å². The van der Waals surface area contributed by atoms with Crippen molar-refractivity contribution in [3.63, 3.8) is 0 Å². The van der Waals surface area contributed by atoms with Crippen LogP contribution in [-0.2, 0) is 0 Å². The summed E-state index contributed by atoms with van der Waals surface area (Å²) in [5.41, 5.74) is 3.17. The van der Waals surface area contributed by atoms with Gasteiger partial charge in [0.15, 0.2) is 0 Å². The number of aromatic amines is 1. The van der Waals surface area contributed by atoms with Crippen molar-refractivity contribution in [2.24, 2.45) is 0 Å². The van der Waals surface area contributed by atoms with Crippen LogP contribution in [0.25, 0.3) is 11.3 Å². The van der Waals surface area contributed by atoms with Crippen molar-refractivity contribution < 1.29 is 4.42 Å². The Balaban J connectivity index is 1.80. The molecule has 3 rings (SSSR count). The highest BCUT2D eigenvalue weighted by Crippen LogP contribution is 2.24. The van der Waals surface area contributed by atoms with E-state index in [1.807, 2.05) is 30.3 Å². The molecule has 4 heteroatoms. The monoisotopic (exact) mass is 253 g/mol. The normalized spacial score (nSPS) is 12.3. The number of hydrogen-bond donors (Lipinski definition) is 2. The Labute approximate surface area is 111 Å². The minimum Gasteiger partial charge on any atom is -0.467 e. The Morgan fingerprint density at radius 2 is 2.16 bits per heavy atom. The highest BCUT2D eigenvalue weighted by atomic mass is 16.3. The summed E-state index contributed by atoms with van der Waals surface area (Å²) in [6.45, 7) is 2.07. The van der Waals surface area contributed by atoms with Crippen LogP contribution in [-0.4, -0.2) is 10.2 Å². The molecule has 0 aliphatic heterocycles. The zero-order chi connectivity index (χ0) is 13.1. The number of H-pyrrole nitrogens is 1. The van der Waals surface area contributed by atoms with Gasteiger partial charge in [0.05, 0.1) is 18.0 Å². The van der Waals surface area contributed by atoms with E-state index in [9.17, 15) is 0 Å². The topological polar surface area (TPSA) is 53.9 Å². The fourth-order valence-electron chi connectivity index (χ4n) is 2.05. The minimum absolute atomic E-state index is 0.131. The Morgan fingerprint density at radius 1 is 1.21 bits per heavy atom. The Kier molecular flexibility index (Phi) is 3.06. The molecule has 0 saturated carbocycles. The molecule has 0 aliphatic carbocycles. The number of rotatable bonds is 4. The predicted octanol–water partition coefficient (Wildman–Crippen LogP) is 3.84. The average Bonchev–Trinajstić information content (AvgIpc) is 3.13. The second-order valence-electron chi connectivity index (χ2n) is 4.43. The van der Waals surface area contributed by atoms with Gasteiger partial charge >= 0.3 is 0 Å². The molecule has 0 aliphatic rings. The number of nitrogens with one attached hydrogen (secondary N) is 2. The smallest absolute Gasteiger partial charge is 0.125 e. The molecule has 0 fully saturated rings. The number of furan rings is 1. The second kappa shape index (κ2) is 5.02. The van der Waals surface area contributed by atoms with Crippen molar-refractivity contribution in [3.8, 4) is 11.3 Å². The Morgan fingerprint density at radius 3 is 2.89 bits per heavy atom. The molecule has 19 heavy (non-hydrogen) atoms. The molecule has 0 spiro atoms. The van der Waals surface area contributed by atoms with Crippen molar-refractivity contribution >= 4 is 5.69 Å². The Bertz CT molecular complexity index is 629. The molecule has 0 bridgehead atoms. The molecule has 2 N–H and O–H groups in total. The van der Waals surface area contributed by atoms with Crippen molar-refractivity contribution in [1.29, 1.82) is 0 Å². The summed E-state index contributed by atoms with van der Waals surface area (Å²) in [5, 5.41) is 10.4. The van der Waals surface area contributed by atoms with Crippen molar-refractivity contribution in [2.75, 3.05) is 5.32 Å². The highest BCUT2D eigenvalue weighted by Gasteiger charge is 2.08.